The number of carbonyl (C=O) groups excluding carboxylic acids is 1. The zero-order chi connectivity index (χ0) is 13.0. The number of benzene rings is 2. The van der Waals surface area contributed by atoms with E-state index in [1.54, 1.807) is 0 Å². The Balaban J connectivity index is 2.19. The van der Waals surface area contributed by atoms with E-state index in [-0.39, 0.29) is 11.9 Å². The highest BCUT2D eigenvalue weighted by molar-refractivity contribution is 6.02. The molecule has 3 heteroatoms. The molecule has 0 heterocycles. The molecule has 0 aliphatic heterocycles. The van der Waals surface area contributed by atoms with E-state index in [0.29, 0.717) is 6.42 Å². The first-order chi connectivity index (χ1) is 8.70. The van der Waals surface area contributed by atoms with Gasteiger partial charge in [-0.3, -0.25) is 4.79 Å². The Morgan fingerprint density at radius 2 is 1.94 bits per heavy atom. The highest BCUT2D eigenvalue weighted by Gasteiger charge is 2.09. The zero-order valence-corrected chi connectivity index (χ0v) is 10.5. The van der Waals surface area contributed by atoms with Crippen molar-refractivity contribution >= 4 is 22.4 Å². The number of hydrogen-bond donors (Lipinski definition) is 2. The molecule has 1 unspecified atom stereocenters. The Bertz CT molecular complexity index is 546. The molecule has 3 N–H and O–H groups in total. The van der Waals surface area contributed by atoms with Crippen LogP contribution in [-0.4, -0.2) is 11.9 Å². The van der Waals surface area contributed by atoms with Crippen LogP contribution in [0.3, 0.4) is 0 Å². The molecular weight excluding hydrogens is 224 g/mol. The molecule has 1 atom stereocenters. The largest absolute Gasteiger partial charge is 0.327 e. The van der Waals surface area contributed by atoms with Crippen molar-refractivity contribution in [2.45, 2.75) is 25.8 Å². The van der Waals surface area contributed by atoms with Crippen molar-refractivity contribution in [1.29, 1.82) is 0 Å². The van der Waals surface area contributed by atoms with Gasteiger partial charge in [0.2, 0.25) is 5.91 Å². The van der Waals surface area contributed by atoms with Gasteiger partial charge in [-0.15, -0.1) is 0 Å². The van der Waals surface area contributed by atoms with Gasteiger partial charge < -0.3 is 11.1 Å². The maximum atomic E-state index is 11.8. The number of anilines is 1. The minimum absolute atomic E-state index is 0.0271. The molecule has 0 aliphatic rings. The smallest absolute Gasteiger partial charge is 0.225 e. The summed E-state index contributed by atoms with van der Waals surface area (Å²) in [5, 5.41) is 5.11. The van der Waals surface area contributed by atoms with E-state index in [9.17, 15) is 4.79 Å². The van der Waals surface area contributed by atoms with Gasteiger partial charge >= 0.3 is 0 Å². The zero-order valence-electron chi connectivity index (χ0n) is 10.5. The normalized spacial score (nSPS) is 12.3. The van der Waals surface area contributed by atoms with Gasteiger partial charge in [-0.05, 0) is 17.9 Å². The molecule has 18 heavy (non-hydrogen) atoms. The average Bonchev–Trinajstić information content (AvgIpc) is 2.39. The van der Waals surface area contributed by atoms with Crippen LogP contribution in [0.25, 0.3) is 10.8 Å². The van der Waals surface area contributed by atoms with Gasteiger partial charge in [0, 0.05) is 23.5 Å². The summed E-state index contributed by atoms with van der Waals surface area (Å²) in [5.41, 5.74) is 6.63. The van der Waals surface area contributed by atoms with Crippen molar-refractivity contribution in [3.8, 4) is 0 Å². The van der Waals surface area contributed by atoms with Crippen molar-refractivity contribution in [1.82, 2.24) is 0 Å². The lowest BCUT2D eigenvalue weighted by Crippen LogP contribution is -2.26. The summed E-state index contributed by atoms with van der Waals surface area (Å²) in [6, 6.07) is 13.8. The molecule has 0 aromatic heterocycles. The Morgan fingerprint density at radius 1 is 1.22 bits per heavy atom. The lowest BCUT2D eigenvalue weighted by atomic mass is 10.1. The first-order valence-corrected chi connectivity index (χ1v) is 6.24. The van der Waals surface area contributed by atoms with Crippen molar-refractivity contribution < 1.29 is 4.79 Å². The fraction of sp³-hybridized carbons (Fsp3) is 0.267. The molecule has 2 aromatic carbocycles. The third-order valence-corrected chi connectivity index (χ3v) is 3.04. The number of nitrogens with two attached hydrogens (primary N) is 1. The average molecular weight is 242 g/mol. The molecule has 2 rings (SSSR count). The molecule has 0 saturated carbocycles. The van der Waals surface area contributed by atoms with Gasteiger partial charge in [-0.2, -0.15) is 0 Å². The first kappa shape index (κ1) is 12.6. The maximum Gasteiger partial charge on any atom is 0.225 e. The van der Waals surface area contributed by atoms with E-state index >= 15 is 0 Å². The topological polar surface area (TPSA) is 55.1 Å². The predicted octanol–water partition coefficient (Wildman–Crippen LogP) is 2.91. The van der Waals surface area contributed by atoms with Gasteiger partial charge in [0.1, 0.15) is 0 Å². The van der Waals surface area contributed by atoms with Crippen LogP contribution in [0.2, 0.25) is 0 Å². The third kappa shape index (κ3) is 2.87. The fourth-order valence-electron chi connectivity index (χ4n) is 1.92. The minimum atomic E-state index is -0.0695. The summed E-state index contributed by atoms with van der Waals surface area (Å²) in [4.78, 5) is 11.8. The van der Waals surface area contributed by atoms with E-state index in [0.717, 1.165) is 22.9 Å². The van der Waals surface area contributed by atoms with E-state index in [1.807, 2.05) is 49.4 Å². The van der Waals surface area contributed by atoms with Crippen molar-refractivity contribution in [3.05, 3.63) is 42.5 Å². The summed E-state index contributed by atoms with van der Waals surface area (Å²) in [6.07, 6.45) is 1.17. The number of carbonyl (C=O) groups is 1. The molecule has 0 bridgehead atoms. The van der Waals surface area contributed by atoms with Crippen LogP contribution < -0.4 is 11.1 Å². The van der Waals surface area contributed by atoms with Crippen LogP contribution in [0.15, 0.2) is 42.5 Å². The Labute approximate surface area is 107 Å². The van der Waals surface area contributed by atoms with Crippen LogP contribution in [-0.2, 0) is 4.79 Å². The SMILES string of the molecule is CCC(N)CC(=O)Nc1cccc2ccccc12. The second-order valence-electron chi connectivity index (χ2n) is 4.45. The van der Waals surface area contributed by atoms with Crippen LogP contribution in [0, 0.1) is 0 Å². The quantitative estimate of drug-likeness (QED) is 0.866. The number of rotatable bonds is 4. The fourth-order valence-corrected chi connectivity index (χ4v) is 1.92. The predicted molar refractivity (Wildman–Crippen MR) is 75.5 cm³/mol. The lowest BCUT2D eigenvalue weighted by molar-refractivity contribution is -0.116. The van der Waals surface area contributed by atoms with Crippen molar-refractivity contribution in [3.63, 3.8) is 0 Å². The minimum Gasteiger partial charge on any atom is -0.327 e. The highest BCUT2D eigenvalue weighted by Crippen LogP contribution is 2.23. The van der Waals surface area contributed by atoms with Gasteiger partial charge in [0.25, 0.3) is 0 Å². The van der Waals surface area contributed by atoms with Gasteiger partial charge in [-0.1, -0.05) is 43.3 Å². The van der Waals surface area contributed by atoms with Crippen LogP contribution in [0.4, 0.5) is 5.69 Å². The summed E-state index contributed by atoms with van der Waals surface area (Å²) in [6.45, 7) is 1.98. The van der Waals surface area contributed by atoms with Crippen molar-refractivity contribution in [2.75, 3.05) is 5.32 Å². The molecule has 1 amide bonds. The monoisotopic (exact) mass is 242 g/mol. The van der Waals surface area contributed by atoms with Gasteiger partial charge in [0.15, 0.2) is 0 Å². The van der Waals surface area contributed by atoms with Gasteiger partial charge in [-0.25, -0.2) is 0 Å². The van der Waals surface area contributed by atoms with Gasteiger partial charge in [0.05, 0.1) is 0 Å². The summed E-state index contributed by atoms with van der Waals surface area (Å²) >= 11 is 0. The standard InChI is InChI=1S/C15H18N2O/c1-2-12(16)10-15(18)17-14-9-5-7-11-6-3-4-8-13(11)14/h3-9,12H,2,10,16H2,1H3,(H,17,18). The molecule has 2 aromatic rings. The highest BCUT2D eigenvalue weighted by atomic mass is 16.1. The number of hydrogen-bond acceptors (Lipinski definition) is 2. The summed E-state index contributed by atoms with van der Waals surface area (Å²) < 4.78 is 0. The summed E-state index contributed by atoms with van der Waals surface area (Å²) in [7, 11) is 0. The molecule has 0 fully saturated rings. The molecule has 3 nitrogen and oxygen atoms in total. The first-order valence-electron chi connectivity index (χ1n) is 6.24. The number of amides is 1. The van der Waals surface area contributed by atoms with Crippen LogP contribution in [0.1, 0.15) is 19.8 Å². The van der Waals surface area contributed by atoms with Crippen LogP contribution >= 0.6 is 0 Å². The molecule has 94 valence electrons. The molecule has 0 aliphatic carbocycles. The van der Waals surface area contributed by atoms with E-state index < -0.39 is 0 Å². The van der Waals surface area contributed by atoms with E-state index in [2.05, 4.69) is 5.32 Å². The Morgan fingerprint density at radius 3 is 2.72 bits per heavy atom. The number of nitrogens with one attached hydrogen (secondary N) is 1. The second kappa shape index (κ2) is 5.65. The molecule has 0 spiro atoms. The van der Waals surface area contributed by atoms with E-state index in [4.69, 9.17) is 5.73 Å². The van der Waals surface area contributed by atoms with Crippen molar-refractivity contribution in [2.24, 2.45) is 5.73 Å². The molecule has 0 saturated heterocycles. The molecule has 0 radical (unpaired) electrons. The third-order valence-electron chi connectivity index (χ3n) is 3.04. The Kier molecular flexibility index (Phi) is 3.95. The lowest BCUT2D eigenvalue weighted by Gasteiger charge is -2.11. The summed E-state index contributed by atoms with van der Waals surface area (Å²) in [5.74, 6) is -0.0271. The Hall–Kier alpha value is -1.87. The maximum absolute atomic E-state index is 11.8. The molecular formula is C15H18N2O. The van der Waals surface area contributed by atoms with Crippen LogP contribution in [0.5, 0.6) is 0 Å². The number of fused-ring (bicyclic) bond motifs is 1. The second-order valence-corrected chi connectivity index (χ2v) is 4.45. The van der Waals surface area contributed by atoms with E-state index in [1.165, 1.54) is 0 Å².